The number of anilines is 1. The van der Waals surface area contributed by atoms with Crippen LogP contribution >= 0.6 is 11.8 Å². The fraction of sp³-hybridized carbons (Fsp3) is 0.357. The number of carbonyl (C=O) groups excluding carboxylic acids is 3. The van der Waals surface area contributed by atoms with Crippen molar-refractivity contribution in [1.29, 1.82) is 0 Å². The van der Waals surface area contributed by atoms with E-state index < -0.39 is 23.9 Å². The molecule has 1 aromatic carbocycles. The number of rotatable bonds is 7. The molecule has 22 heavy (non-hydrogen) atoms. The third-order valence-electron chi connectivity index (χ3n) is 2.79. The monoisotopic (exact) mass is 325 g/mol. The van der Waals surface area contributed by atoms with Crippen LogP contribution in [-0.2, 0) is 9.53 Å². The van der Waals surface area contributed by atoms with Gasteiger partial charge in [-0.3, -0.25) is 4.79 Å². The summed E-state index contributed by atoms with van der Waals surface area (Å²) in [6.45, 7) is 0. The minimum Gasteiger partial charge on any atom is -0.465 e. The number of nitrogens with two attached hydrogens (primary N) is 1. The van der Waals surface area contributed by atoms with Crippen molar-refractivity contribution in [2.24, 2.45) is 5.73 Å². The Morgan fingerprint density at radius 2 is 2.09 bits per heavy atom. The quantitative estimate of drug-likeness (QED) is 0.652. The molecule has 3 amide bonds. The predicted octanol–water partition coefficient (Wildman–Crippen LogP) is 1.20. The van der Waals surface area contributed by atoms with Crippen molar-refractivity contribution in [3.8, 4) is 0 Å². The van der Waals surface area contributed by atoms with Crippen molar-refractivity contribution in [1.82, 2.24) is 5.32 Å². The highest BCUT2D eigenvalue weighted by Crippen LogP contribution is 2.13. The minimum atomic E-state index is -0.760. The van der Waals surface area contributed by atoms with Gasteiger partial charge in [-0.15, -0.1) is 0 Å². The molecule has 0 bridgehead atoms. The van der Waals surface area contributed by atoms with Crippen molar-refractivity contribution < 1.29 is 19.1 Å². The van der Waals surface area contributed by atoms with E-state index in [0.717, 1.165) is 0 Å². The van der Waals surface area contributed by atoms with Crippen LogP contribution < -0.4 is 16.4 Å². The summed E-state index contributed by atoms with van der Waals surface area (Å²) in [5, 5.41) is 5.05. The molecule has 1 atom stereocenters. The normalized spacial score (nSPS) is 11.4. The van der Waals surface area contributed by atoms with Crippen molar-refractivity contribution >= 4 is 35.4 Å². The predicted molar refractivity (Wildman–Crippen MR) is 85.9 cm³/mol. The molecule has 0 heterocycles. The zero-order valence-corrected chi connectivity index (χ0v) is 13.2. The molecule has 7 nitrogen and oxygen atoms in total. The highest BCUT2D eigenvalue weighted by atomic mass is 32.2. The highest BCUT2D eigenvalue weighted by Gasteiger charge is 2.19. The van der Waals surface area contributed by atoms with E-state index in [9.17, 15) is 14.4 Å². The smallest absolute Gasteiger partial charge is 0.337 e. The van der Waals surface area contributed by atoms with Gasteiger partial charge >= 0.3 is 12.0 Å². The number of thioether (sulfide) groups is 1. The van der Waals surface area contributed by atoms with Gasteiger partial charge < -0.3 is 21.1 Å². The van der Waals surface area contributed by atoms with E-state index in [2.05, 4.69) is 15.4 Å². The first-order valence-electron chi connectivity index (χ1n) is 6.52. The van der Waals surface area contributed by atoms with Crippen molar-refractivity contribution in [3.63, 3.8) is 0 Å². The molecule has 8 heteroatoms. The average Bonchev–Trinajstić information content (AvgIpc) is 2.50. The number of ether oxygens (including phenoxy) is 1. The second kappa shape index (κ2) is 8.93. The molecular weight excluding hydrogens is 306 g/mol. The summed E-state index contributed by atoms with van der Waals surface area (Å²) in [7, 11) is 1.28. The lowest BCUT2D eigenvalue weighted by atomic mass is 10.1. The van der Waals surface area contributed by atoms with Gasteiger partial charge in [0, 0.05) is 5.69 Å². The molecule has 0 radical (unpaired) electrons. The van der Waals surface area contributed by atoms with Crippen LogP contribution in [0.4, 0.5) is 10.5 Å². The Balaban J connectivity index is 2.79. The molecule has 0 aromatic heterocycles. The van der Waals surface area contributed by atoms with Crippen LogP contribution in [0.2, 0.25) is 0 Å². The Bertz CT molecular complexity index is 551. The van der Waals surface area contributed by atoms with E-state index in [1.54, 1.807) is 30.0 Å². The van der Waals surface area contributed by atoms with E-state index >= 15 is 0 Å². The Morgan fingerprint density at radius 1 is 1.36 bits per heavy atom. The van der Waals surface area contributed by atoms with E-state index in [1.807, 2.05) is 6.26 Å². The standard InChI is InChI=1S/C14H19N3O4S/c1-21-13(19)9-4-3-5-10(8-9)16-12(18)11(6-7-22-2)17-14(15)20/h3-5,8,11H,6-7H2,1-2H3,(H,16,18)(H3,15,17,20)/t11-/m1/s1. The molecular formula is C14H19N3O4S. The summed E-state index contributed by atoms with van der Waals surface area (Å²) in [5.74, 6) is -0.194. The summed E-state index contributed by atoms with van der Waals surface area (Å²) in [6.07, 6.45) is 2.35. The van der Waals surface area contributed by atoms with Gasteiger partial charge in [-0.25, -0.2) is 9.59 Å². The van der Waals surface area contributed by atoms with Crippen molar-refractivity contribution in [2.45, 2.75) is 12.5 Å². The van der Waals surface area contributed by atoms with Gasteiger partial charge in [0.2, 0.25) is 5.91 Å². The lowest BCUT2D eigenvalue weighted by Crippen LogP contribution is -2.46. The van der Waals surface area contributed by atoms with Crippen LogP contribution in [0.5, 0.6) is 0 Å². The number of urea groups is 1. The number of methoxy groups -OCH3 is 1. The van der Waals surface area contributed by atoms with Crippen molar-refractivity contribution in [3.05, 3.63) is 29.8 Å². The molecule has 0 saturated heterocycles. The van der Waals surface area contributed by atoms with Gasteiger partial charge in [0.1, 0.15) is 6.04 Å². The van der Waals surface area contributed by atoms with Gasteiger partial charge in [0.25, 0.3) is 0 Å². The second-order valence-corrected chi connectivity index (χ2v) is 5.39. The second-order valence-electron chi connectivity index (χ2n) is 4.40. The van der Waals surface area contributed by atoms with Crippen LogP contribution in [0.1, 0.15) is 16.8 Å². The third kappa shape index (κ3) is 5.65. The number of benzene rings is 1. The maximum absolute atomic E-state index is 12.2. The maximum Gasteiger partial charge on any atom is 0.337 e. The topological polar surface area (TPSA) is 111 Å². The fourth-order valence-corrected chi connectivity index (χ4v) is 2.22. The molecule has 120 valence electrons. The van der Waals surface area contributed by atoms with Crippen LogP contribution in [0.25, 0.3) is 0 Å². The zero-order chi connectivity index (χ0) is 16.5. The average molecular weight is 325 g/mol. The van der Waals surface area contributed by atoms with E-state index in [-0.39, 0.29) is 0 Å². The zero-order valence-electron chi connectivity index (χ0n) is 12.4. The fourth-order valence-electron chi connectivity index (χ4n) is 1.75. The molecule has 0 aliphatic heterocycles. The molecule has 0 aliphatic rings. The molecule has 0 fully saturated rings. The number of carbonyl (C=O) groups is 3. The molecule has 1 rings (SSSR count). The summed E-state index contributed by atoms with van der Waals surface area (Å²) < 4.78 is 4.62. The molecule has 0 saturated carbocycles. The first-order chi connectivity index (χ1) is 10.5. The van der Waals surface area contributed by atoms with Crippen LogP contribution in [0, 0.1) is 0 Å². The number of esters is 1. The first kappa shape index (κ1) is 17.8. The minimum absolute atomic E-state index is 0.323. The van der Waals surface area contributed by atoms with Crippen LogP contribution in [-0.4, -0.2) is 43.1 Å². The highest BCUT2D eigenvalue weighted by molar-refractivity contribution is 7.98. The van der Waals surface area contributed by atoms with Gasteiger partial charge in [-0.1, -0.05) is 6.07 Å². The summed E-state index contributed by atoms with van der Waals surface area (Å²) in [6, 6.07) is 4.85. The van der Waals surface area contributed by atoms with Crippen LogP contribution in [0.15, 0.2) is 24.3 Å². The molecule has 0 aliphatic carbocycles. The van der Waals surface area contributed by atoms with Crippen molar-refractivity contribution in [2.75, 3.05) is 24.4 Å². The number of primary amides is 1. The molecule has 1 aromatic rings. The van der Waals surface area contributed by atoms with E-state index in [0.29, 0.717) is 23.4 Å². The number of hydrogen-bond acceptors (Lipinski definition) is 5. The summed E-state index contributed by atoms with van der Waals surface area (Å²) >= 11 is 1.56. The first-order valence-corrected chi connectivity index (χ1v) is 7.91. The van der Waals surface area contributed by atoms with Gasteiger partial charge in [0.15, 0.2) is 0 Å². The molecule has 0 spiro atoms. The lowest BCUT2D eigenvalue weighted by molar-refractivity contribution is -0.117. The Hall–Kier alpha value is -2.22. The summed E-state index contributed by atoms with van der Waals surface area (Å²) in [5.41, 5.74) is 5.84. The SMILES string of the molecule is COC(=O)c1cccc(NC(=O)[C@@H](CCSC)NC(N)=O)c1. The molecule has 4 N–H and O–H groups in total. The Kier molecular flexibility index (Phi) is 7.24. The number of nitrogens with one attached hydrogen (secondary N) is 2. The van der Waals surface area contributed by atoms with Gasteiger partial charge in [-0.2, -0.15) is 11.8 Å². The van der Waals surface area contributed by atoms with Crippen LogP contribution in [0.3, 0.4) is 0 Å². The third-order valence-corrected chi connectivity index (χ3v) is 3.44. The number of hydrogen-bond donors (Lipinski definition) is 3. The largest absolute Gasteiger partial charge is 0.465 e. The maximum atomic E-state index is 12.2. The lowest BCUT2D eigenvalue weighted by Gasteiger charge is -2.17. The Labute approximate surface area is 133 Å². The number of amides is 3. The summed E-state index contributed by atoms with van der Waals surface area (Å²) in [4.78, 5) is 34.6. The van der Waals surface area contributed by atoms with E-state index in [1.165, 1.54) is 13.2 Å². The van der Waals surface area contributed by atoms with Gasteiger partial charge in [0.05, 0.1) is 12.7 Å². The van der Waals surface area contributed by atoms with Gasteiger partial charge in [-0.05, 0) is 36.6 Å². The Morgan fingerprint density at radius 3 is 2.68 bits per heavy atom. The molecule has 0 unspecified atom stereocenters. The van der Waals surface area contributed by atoms with E-state index in [4.69, 9.17) is 5.73 Å².